The van der Waals surface area contributed by atoms with Crippen LogP contribution in [0.4, 0.5) is 11.4 Å². The van der Waals surface area contributed by atoms with Gasteiger partial charge < -0.3 is 10.0 Å². The first-order chi connectivity index (χ1) is 8.65. The molecule has 1 aliphatic rings. The molecule has 0 atom stereocenters. The van der Waals surface area contributed by atoms with E-state index in [9.17, 15) is 15.2 Å². The second kappa shape index (κ2) is 5.35. The smallest absolute Gasteiger partial charge is 0.275 e. The molecular formula is C13H18N2O3. The molecule has 2 rings (SSSR count). The van der Waals surface area contributed by atoms with Crippen molar-refractivity contribution in [2.45, 2.75) is 26.4 Å². The zero-order valence-electron chi connectivity index (χ0n) is 10.5. The number of hydrogen-bond donors (Lipinski definition) is 1. The molecule has 0 aromatic heterocycles. The summed E-state index contributed by atoms with van der Waals surface area (Å²) in [6.45, 7) is 3.64. The van der Waals surface area contributed by atoms with Gasteiger partial charge in [0.2, 0.25) is 0 Å². The number of hydrogen-bond acceptors (Lipinski definition) is 4. The van der Waals surface area contributed by atoms with E-state index in [1.54, 1.807) is 12.1 Å². The van der Waals surface area contributed by atoms with Crippen molar-refractivity contribution in [2.24, 2.45) is 5.92 Å². The summed E-state index contributed by atoms with van der Waals surface area (Å²) in [6, 6.07) is 4.98. The van der Waals surface area contributed by atoms with Gasteiger partial charge in [-0.1, -0.05) is 0 Å². The Balaban J connectivity index is 2.23. The number of nitrogens with zero attached hydrogens (tertiary/aromatic N) is 2. The summed E-state index contributed by atoms with van der Waals surface area (Å²) < 4.78 is 0. The van der Waals surface area contributed by atoms with Crippen LogP contribution in [-0.2, 0) is 6.61 Å². The average Bonchev–Trinajstić information content (AvgIpc) is 3.19. The van der Waals surface area contributed by atoms with E-state index < -0.39 is 4.92 Å². The highest BCUT2D eigenvalue weighted by molar-refractivity contribution is 5.55. The molecule has 5 heteroatoms. The number of anilines is 1. The van der Waals surface area contributed by atoms with E-state index in [1.807, 2.05) is 0 Å². The summed E-state index contributed by atoms with van der Waals surface area (Å²) >= 11 is 0. The molecule has 1 N–H and O–H groups in total. The fourth-order valence-corrected chi connectivity index (χ4v) is 2.10. The zero-order chi connectivity index (χ0) is 13.1. The van der Waals surface area contributed by atoms with Crippen molar-refractivity contribution in [3.8, 4) is 0 Å². The van der Waals surface area contributed by atoms with E-state index in [0.717, 1.165) is 24.7 Å². The monoisotopic (exact) mass is 250 g/mol. The second-order valence-corrected chi connectivity index (χ2v) is 4.71. The number of rotatable bonds is 6. The Morgan fingerprint density at radius 1 is 1.50 bits per heavy atom. The molecule has 0 spiro atoms. The third kappa shape index (κ3) is 2.79. The number of benzene rings is 1. The highest BCUT2D eigenvalue weighted by Crippen LogP contribution is 2.32. The first-order valence-corrected chi connectivity index (χ1v) is 6.28. The van der Waals surface area contributed by atoms with E-state index in [0.29, 0.717) is 5.56 Å². The summed E-state index contributed by atoms with van der Waals surface area (Å²) in [7, 11) is 0. The van der Waals surface area contributed by atoms with Crippen LogP contribution >= 0.6 is 0 Å². The van der Waals surface area contributed by atoms with Gasteiger partial charge >= 0.3 is 0 Å². The van der Waals surface area contributed by atoms with Crippen LogP contribution in [0.1, 0.15) is 25.3 Å². The molecule has 1 aromatic rings. The van der Waals surface area contributed by atoms with Gasteiger partial charge in [0.15, 0.2) is 0 Å². The molecule has 0 heterocycles. The molecular weight excluding hydrogens is 232 g/mol. The summed E-state index contributed by atoms with van der Waals surface area (Å²) in [5.41, 5.74) is 1.33. The molecule has 0 saturated heterocycles. The quantitative estimate of drug-likeness (QED) is 0.621. The molecule has 1 saturated carbocycles. The highest BCUT2D eigenvalue weighted by Gasteiger charge is 2.24. The Labute approximate surface area is 106 Å². The normalized spacial score (nSPS) is 14.6. The minimum atomic E-state index is -0.452. The van der Waals surface area contributed by atoms with Crippen molar-refractivity contribution < 1.29 is 10.0 Å². The van der Waals surface area contributed by atoms with Crippen LogP contribution < -0.4 is 4.90 Å². The Kier molecular flexibility index (Phi) is 3.81. The van der Waals surface area contributed by atoms with Crippen molar-refractivity contribution in [1.82, 2.24) is 0 Å². The van der Waals surface area contributed by atoms with Crippen molar-refractivity contribution in [3.63, 3.8) is 0 Å². The molecule has 98 valence electrons. The Morgan fingerprint density at radius 3 is 2.72 bits per heavy atom. The summed E-state index contributed by atoms with van der Waals surface area (Å²) in [5.74, 6) is 0.762. The lowest BCUT2D eigenvalue weighted by atomic mass is 10.1. The summed E-state index contributed by atoms with van der Waals surface area (Å²) in [4.78, 5) is 12.6. The van der Waals surface area contributed by atoms with Crippen molar-refractivity contribution in [3.05, 3.63) is 33.9 Å². The molecule has 5 nitrogen and oxygen atoms in total. The lowest BCUT2D eigenvalue weighted by molar-refractivity contribution is -0.385. The molecule has 18 heavy (non-hydrogen) atoms. The van der Waals surface area contributed by atoms with Gasteiger partial charge in [0, 0.05) is 24.8 Å². The maximum Gasteiger partial charge on any atom is 0.275 e. The number of aliphatic hydroxyl groups is 1. The van der Waals surface area contributed by atoms with Crippen molar-refractivity contribution in [1.29, 1.82) is 0 Å². The number of aliphatic hydroxyl groups excluding tert-OH is 1. The van der Waals surface area contributed by atoms with Crippen LogP contribution in [0, 0.1) is 16.0 Å². The van der Waals surface area contributed by atoms with Gasteiger partial charge in [0.05, 0.1) is 17.1 Å². The Hall–Kier alpha value is -1.62. The maximum absolute atomic E-state index is 10.8. The first-order valence-electron chi connectivity index (χ1n) is 6.28. The topological polar surface area (TPSA) is 66.6 Å². The van der Waals surface area contributed by atoms with Crippen molar-refractivity contribution >= 4 is 11.4 Å². The van der Waals surface area contributed by atoms with E-state index in [1.165, 1.54) is 18.9 Å². The Bertz CT molecular complexity index is 444. The fourth-order valence-electron chi connectivity index (χ4n) is 2.10. The SMILES string of the molecule is CCN(CC1CC1)c1ccc([N+](=O)[O-])c(CO)c1. The van der Waals surface area contributed by atoms with E-state index in [-0.39, 0.29) is 12.3 Å². The maximum atomic E-state index is 10.8. The summed E-state index contributed by atoms with van der Waals surface area (Å²) in [6.07, 6.45) is 2.55. The van der Waals surface area contributed by atoms with Gasteiger partial charge in [-0.25, -0.2) is 0 Å². The standard InChI is InChI=1S/C13H18N2O3/c1-2-14(8-10-3-4-10)12-5-6-13(15(17)18)11(7-12)9-16/h5-7,10,16H,2-4,8-9H2,1H3. The molecule has 0 aliphatic heterocycles. The fraction of sp³-hybridized carbons (Fsp3) is 0.538. The van der Waals surface area contributed by atoms with Crippen LogP contribution in [0.15, 0.2) is 18.2 Å². The molecule has 0 radical (unpaired) electrons. The lowest BCUT2D eigenvalue weighted by Crippen LogP contribution is -2.25. The van der Waals surface area contributed by atoms with Crippen LogP contribution in [0.25, 0.3) is 0 Å². The van der Waals surface area contributed by atoms with Crippen LogP contribution in [0.2, 0.25) is 0 Å². The van der Waals surface area contributed by atoms with Crippen LogP contribution in [0.3, 0.4) is 0 Å². The minimum absolute atomic E-state index is 0.0104. The predicted octanol–water partition coefficient (Wildman–Crippen LogP) is 2.32. The first kappa shape index (κ1) is 12.8. The van der Waals surface area contributed by atoms with Gasteiger partial charge in [0.25, 0.3) is 5.69 Å². The van der Waals surface area contributed by atoms with Gasteiger partial charge in [-0.2, -0.15) is 0 Å². The van der Waals surface area contributed by atoms with Crippen LogP contribution in [0.5, 0.6) is 0 Å². The average molecular weight is 250 g/mol. The largest absolute Gasteiger partial charge is 0.391 e. The van der Waals surface area contributed by atoms with Gasteiger partial charge in [0.1, 0.15) is 0 Å². The third-order valence-electron chi connectivity index (χ3n) is 3.35. The predicted molar refractivity (Wildman–Crippen MR) is 69.6 cm³/mol. The molecule has 0 bridgehead atoms. The van der Waals surface area contributed by atoms with E-state index >= 15 is 0 Å². The second-order valence-electron chi connectivity index (χ2n) is 4.71. The molecule has 0 unspecified atom stereocenters. The van der Waals surface area contributed by atoms with Crippen LogP contribution in [-0.4, -0.2) is 23.1 Å². The number of nitro benzene ring substituents is 1. The lowest BCUT2D eigenvalue weighted by Gasteiger charge is -2.23. The molecule has 0 amide bonds. The van der Waals surface area contributed by atoms with E-state index in [2.05, 4.69) is 11.8 Å². The van der Waals surface area contributed by atoms with Gasteiger partial charge in [-0.15, -0.1) is 0 Å². The minimum Gasteiger partial charge on any atom is -0.391 e. The van der Waals surface area contributed by atoms with Gasteiger partial charge in [-0.3, -0.25) is 10.1 Å². The van der Waals surface area contributed by atoms with Crippen molar-refractivity contribution in [2.75, 3.05) is 18.0 Å². The molecule has 1 fully saturated rings. The summed E-state index contributed by atoms with van der Waals surface area (Å²) in [5, 5.41) is 20.0. The zero-order valence-corrected chi connectivity index (χ0v) is 10.5. The molecule has 1 aromatic carbocycles. The number of nitro groups is 1. The van der Waals surface area contributed by atoms with E-state index in [4.69, 9.17) is 0 Å². The molecule has 1 aliphatic carbocycles. The Morgan fingerprint density at radius 2 is 2.22 bits per heavy atom. The third-order valence-corrected chi connectivity index (χ3v) is 3.35. The van der Waals surface area contributed by atoms with Gasteiger partial charge in [-0.05, 0) is 37.8 Å². The highest BCUT2D eigenvalue weighted by atomic mass is 16.6.